The maximum Gasteiger partial charge on any atom is 0.0895 e. The Balaban J connectivity index is 1.35. The Morgan fingerprint density at radius 3 is 0.923 bits per heavy atom. The van der Waals surface area contributed by atoms with Crippen LogP contribution in [0.1, 0.15) is 33.4 Å². The number of nitrogens with zero attached hydrogens (tertiary/aromatic N) is 2. The molecule has 0 aliphatic rings. The molecule has 0 fully saturated rings. The van der Waals surface area contributed by atoms with Gasteiger partial charge in [0.25, 0.3) is 0 Å². The monoisotopic (exact) mass is 662 g/mol. The second kappa shape index (κ2) is 13.8. The second-order valence-electron chi connectivity index (χ2n) is 12.9. The van der Waals surface area contributed by atoms with E-state index in [1.165, 1.54) is 0 Å². The minimum Gasteiger partial charge on any atom is -0.250 e. The van der Waals surface area contributed by atoms with E-state index in [2.05, 4.69) is 206 Å². The summed E-state index contributed by atoms with van der Waals surface area (Å²) in [7, 11) is 0. The van der Waals surface area contributed by atoms with Gasteiger partial charge >= 0.3 is 0 Å². The van der Waals surface area contributed by atoms with Crippen LogP contribution in [0.25, 0.3) is 44.3 Å². The fraction of sp³-hybridized carbons (Fsp3) is 0. The Hall–Kier alpha value is -6.90. The molecule has 0 amide bonds. The molecule has 246 valence electrons. The lowest BCUT2D eigenvalue weighted by atomic mass is 9.80. The molecule has 0 aliphatic heterocycles. The van der Waals surface area contributed by atoms with Crippen molar-refractivity contribution in [3.05, 3.63) is 251 Å². The van der Waals surface area contributed by atoms with Crippen LogP contribution in [0.3, 0.4) is 0 Å². The molecule has 0 N–H and O–H groups in total. The average molecular weight is 663 g/mol. The minimum absolute atomic E-state index is 0.843. The van der Waals surface area contributed by atoms with Crippen molar-refractivity contribution in [1.82, 2.24) is 9.97 Å². The van der Waals surface area contributed by atoms with Gasteiger partial charge in [0.2, 0.25) is 0 Å². The van der Waals surface area contributed by atoms with Crippen molar-refractivity contribution in [1.29, 1.82) is 0 Å². The van der Waals surface area contributed by atoms with Gasteiger partial charge in [0, 0.05) is 0 Å². The first-order valence-corrected chi connectivity index (χ1v) is 17.7. The molecule has 0 saturated carbocycles. The third kappa shape index (κ3) is 5.87. The van der Waals surface area contributed by atoms with Crippen LogP contribution in [0.5, 0.6) is 0 Å². The Bertz CT molecular complexity index is 2350. The molecule has 0 spiro atoms. The summed E-state index contributed by atoms with van der Waals surface area (Å²) in [5.74, 6) is 2.30. The van der Waals surface area contributed by atoms with Crippen LogP contribution in [0, 0.1) is 11.8 Å². The molecule has 0 bridgehead atoms. The van der Waals surface area contributed by atoms with Gasteiger partial charge in [-0.05, 0) is 34.0 Å². The molecule has 52 heavy (non-hydrogen) atoms. The first kappa shape index (κ1) is 31.1. The smallest absolute Gasteiger partial charge is 0.0895 e. The summed E-state index contributed by atoms with van der Waals surface area (Å²) in [5, 5.41) is 2.28. The highest BCUT2D eigenvalue weighted by molar-refractivity contribution is 5.98. The number of fused-ring (bicyclic) bond motifs is 2. The molecule has 0 aliphatic carbocycles. The second-order valence-corrected chi connectivity index (χ2v) is 12.9. The van der Waals surface area contributed by atoms with Gasteiger partial charge in [-0.25, -0.2) is 0 Å². The van der Waals surface area contributed by atoms with Gasteiger partial charge in [-0.15, -0.1) is 0 Å². The number of hydrogen-bond donors (Lipinski definition) is 0. The highest BCUT2D eigenvalue weighted by atomic mass is 14.8. The van der Waals surface area contributed by atoms with E-state index >= 15 is 0 Å². The van der Waals surface area contributed by atoms with Crippen LogP contribution in [0.2, 0.25) is 0 Å². The van der Waals surface area contributed by atoms with Crippen LogP contribution in [0.15, 0.2) is 206 Å². The number of benzene rings is 8. The Labute approximate surface area is 304 Å². The molecule has 1 aromatic heterocycles. The van der Waals surface area contributed by atoms with Crippen LogP contribution < -0.4 is 0 Å². The largest absolute Gasteiger partial charge is 0.250 e. The highest BCUT2D eigenvalue weighted by Crippen LogP contribution is 2.43. The highest BCUT2D eigenvalue weighted by Gasteiger charge is 2.22. The quantitative estimate of drug-likeness (QED) is 0.0919. The van der Waals surface area contributed by atoms with E-state index in [9.17, 15) is 0 Å². The molecule has 1 heterocycles. The van der Waals surface area contributed by atoms with E-state index in [4.69, 9.17) is 9.97 Å². The molecule has 2 heteroatoms. The van der Waals surface area contributed by atoms with Gasteiger partial charge in [-0.1, -0.05) is 239 Å². The molecule has 0 unspecified atom stereocenters. The van der Waals surface area contributed by atoms with Crippen LogP contribution in [-0.2, 0) is 0 Å². The minimum atomic E-state index is 0.843. The maximum atomic E-state index is 5.56. The van der Waals surface area contributed by atoms with Crippen molar-refractivity contribution < 1.29 is 0 Å². The zero-order valence-corrected chi connectivity index (χ0v) is 28.5. The summed E-state index contributed by atoms with van der Waals surface area (Å²) in [6.07, 6.45) is 0. The maximum absolute atomic E-state index is 5.56. The number of hydrogen-bond acceptors (Lipinski definition) is 2. The summed E-state index contributed by atoms with van der Waals surface area (Å²) in [6.45, 7) is 0. The molecule has 9 aromatic rings. The molecule has 0 saturated heterocycles. The third-order valence-corrected chi connectivity index (χ3v) is 9.68. The number of aromatic nitrogens is 2. The van der Waals surface area contributed by atoms with Crippen LogP contribution in [0.4, 0.5) is 0 Å². The molecular weight excluding hydrogens is 629 g/mol. The Morgan fingerprint density at radius 1 is 0.288 bits per heavy atom. The van der Waals surface area contributed by atoms with Crippen molar-refractivity contribution in [2.45, 2.75) is 0 Å². The predicted molar refractivity (Wildman–Crippen MR) is 215 cm³/mol. The summed E-state index contributed by atoms with van der Waals surface area (Å²) in [5.41, 5.74) is 12.2. The zero-order chi connectivity index (χ0) is 34.7. The molecular formula is C50H34N2-2. The van der Waals surface area contributed by atoms with E-state index in [0.29, 0.717) is 0 Å². The molecule has 0 radical (unpaired) electrons. The van der Waals surface area contributed by atoms with Crippen molar-refractivity contribution in [3.8, 4) is 22.5 Å². The van der Waals surface area contributed by atoms with Gasteiger partial charge in [0.15, 0.2) is 0 Å². The van der Waals surface area contributed by atoms with E-state index in [-0.39, 0.29) is 0 Å². The summed E-state index contributed by atoms with van der Waals surface area (Å²) in [6, 6.07) is 72.7. The van der Waals surface area contributed by atoms with Gasteiger partial charge in [-0.2, -0.15) is 0 Å². The first-order valence-electron chi connectivity index (χ1n) is 17.7. The van der Waals surface area contributed by atoms with E-state index in [1.54, 1.807) is 0 Å². The van der Waals surface area contributed by atoms with Gasteiger partial charge in [0.05, 0.1) is 22.4 Å². The lowest BCUT2D eigenvalue weighted by Crippen LogP contribution is -2.09. The van der Waals surface area contributed by atoms with Crippen molar-refractivity contribution in [3.63, 3.8) is 0 Å². The Morgan fingerprint density at radius 2 is 0.577 bits per heavy atom. The summed E-state index contributed by atoms with van der Waals surface area (Å²) in [4.78, 5) is 11.1. The van der Waals surface area contributed by atoms with Crippen LogP contribution >= 0.6 is 0 Å². The summed E-state index contributed by atoms with van der Waals surface area (Å²) < 4.78 is 0. The van der Waals surface area contributed by atoms with E-state index in [1.807, 2.05) is 0 Å². The summed E-state index contributed by atoms with van der Waals surface area (Å²) >= 11 is 0. The SMILES string of the molecule is c1ccc([C-](c2ccccc2)c2ccccc2-c2nc3cc4ccccc4cc3nc2-c2ccccc2[C-](c2ccccc2)c2ccccc2)cc1. The van der Waals surface area contributed by atoms with Gasteiger partial charge < -0.3 is 0 Å². The van der Waals surface area contributed by atoms with E-state index in [0.717, 1.165) is 89.5 Å². The fourth-order valence-corrected chi connectivity index (χ4v) is 7.31. The standard InChI is InChI=1S/C50H34N2/c1-5-19-35(20-6-1)47(36-21-7-2-8-22-36)41-29-15-17-31-43(41)49-50(52-46-34-40-28-14-13-27-39(40)33-45(46)51-49)44-32-18-16-30-42(44)48(37-23-9-3-10-24-37)38-25-11-4-12-26-38/h1-34H/q-2. The fourth-order valence-electron chi connectivity index (χ4n) is 7.31. The van der Waals surface area contributed by atoms with Gasteiger partial charge in [-0.3, -0.25) is 9.97 Å². The molecule has 9 rings (SSSR count). The first-order chi connectivity index (χ1) is 25.8. The third-order valence-electron chi connectivity index (χ3n) is 9.68. The molecule has 0 atom stereocenters. The van der Waals surface area contributed by atoms with Crippen LogP contribution in [-0.4, -0.2) is 9.97 Å². The lowest BCUT2D eigenvalue weighted by molar-refractivity contribution is 1.20. The molecule has 2 nitrogen and oxygen atoms in total. The zero-order valence-electron chi connectivity index (χ0n) is 28.5. The predicted octanol–water partition coefficient (Wildman–Crippen LogP) is 12.2. The topological polar surface area (TPSA) is 25.8 Å². The van der Waals surface area contributed by atoms with E-state index < -0.39 is 0 Å². The van der Waals surface area contributed by atoms with Crippen molar-refractivity contribution >= 4 is 21.8 Å². The van der Waals surface area contributed by atoms with Crippen molar-refractivity contribution in [2.75, 3.05) is 0 Å². The average Bonchev–Trinajstić information content (AvgIpc) is 3.22. The molecule has 8 aromatic carbocycles. The Kier molecular flexibility index (Phi) is 8.24. The van der Waals surface area contributed by atoms with Gasteiger partial charge in [0.1, 0.15) is 0 Å². The number of rotatable bonds is 8. The lowest BCUT2D eigenvalue weighted by Gasteiger charge is -2.30. The van der Waals surface area contributed by atoms with Crippen molar-refractivity contribution in [2.24, 2.45) is 0 Å². The normalized spacial score (nSPS) is 11.1.